The lowest BCUT2D eigenvalue weighted by atomic mass is 10.5. The molecular formula is C10H19ClN12. The zero-order chi connectivity index (χ0) is 17.2. The summed E-state index contributed by atoms with van der Waals surface area (Å²) in [6, 6.07) is 0. The normalized spacial score (nSPS) is 9.65. The first-order valence-electron chi connectivity index (χ1n) is 6.61. The van der Waals surface area contributed by atoms with Crippen LogP contribution in [0, 0.1) is 0 Å². The van der Waals surface area contributed by atoms with Crippen LogP contribution in [0.3, 0.4) is 0 Å². The molecule has 0 saturated carbocycles. The second-order valence-electron chi connectivity index (χ2n) is 3.88. The Hall–Kier alpha value is -2.41. The monoisotopic (exact) mass is 342 g/mol. The van der Waals surface area contributed by atoms with Gasteiger partial charge < -0.3 is 0 Å². The molecule has 0 saturated heterocycles. The van der Waals surface area contributed by atoms with Crippen molar-refractivity contribution < 1.29 is 0 Å². The van der Waals surface area contributed by atoms with E-state index in [4.69, 9.17) is 29.1 Å². The van der Waals surface area contributed by atoms with E-state index < -0.39 is 0 Å². The van der Waals surface area contributed by atoms with E-state index >= 15 is 0 Å². The maximum Gasteiger partial charge on any atom is 0.242 e. The molecule has 0 bridgehead atoms. The van der Waals surface area contributed by atoms with Gasteiger partial charge in [-0.05, 0) is 11.6 Å². The fourth-order valence-electron chi connectivity index (χ4n) is 1.32. The minimum atomic E-state index is 0.157. The van der Waals surface area contributed by atoms with Crippen LogP contribution in [0.2, 0.25) is 5.28 Å². The van der Waals surface area contributed by atoms with Crippen molar-refractivity contribution in [3.63, 3.8) is 0 Å². The zero-order valence-corrected chi connectivity index (χ0v) is 13.5. The third-order valence-electron chi connectivity index (χ3n) is 2.36. The minimum Gasteiger partial charge on any atom is -0.292 e. The molecule has 0 atom stereocenters. The second kappa shape index (κ2) is 9.58. The van der Waals surface area contributed by atoms with E-state index in [1.807, 2.05) is 13.8 Å². The Morgan fingerprint density at radius 1 is 0.696 bits per heavy atom. The summed E-state index contributed by atoms with van der Waals surface area (Å²) in [4.78, 5) is 23.2. The van der Waals surface area contributed by atoms with Gasteiger partial charge in [0.05, 0.1) is 0 Å². The van der Waals surface area contributed by atoms with Crippen molar-refractivity contribution in [3.8, 4) is 0 Å². The number of nitrogens with one attached hydrogen (secondary N) is 3. The summed E-state index contributed by atoms with van der Waals surface area (Å²) in [7, 11) is 0. The lowest BCUT2D eigenvalue weighted by Gasteiger charge is -2.03. The second-order valence-corrected chi connectivity index (χ2v) is 4.22. The van der Waals surface area contributed by atoms with Gasteiger partial charge in [-0.1, -0.05) is 13.8 Å². The van der Waals surface area contributed by atoms with Crippen LogP contribution in [0.5, 0.6) is 0 Å². The van der Waals surface area contributed by atoms with Gasteiger partial charge in [-0.15, -0.1) is 0 Å². The van der Waals surface area contributed by atoms with Gasteiger partial charge in [-0.3, -0.25) is 16.3 Å². The average molecular weight is 343 g/mol. The topological polar surface area (TPSA) is 191 Å². The van der Waals surface area contributed by atoms with Gasteiger partial charge in [0, 0.05) is 12.8 Å². The Morgan fingerprint density at radius 3 is 1.48 bits per heavy atom. The van der Waals surface area contributed by atoms with E-state index in [0.717, 1.165) is 0 Å². The Bertz CT molecular complexity index is 543. The summed E-state index contributed by atoms with van der Waals surface area (Å²) in [6.45, 7) is 3.85. The van der Waals surface area contributed by atoms with Gasteiger partial charge in [0.2, 0.25) is 23.1 Å². The molecule has 0 aliphatic rings. The van der Waals surface area contributed by atoms with Gasteiger partial charge in [0.1, 0.15) is 11.6 Å². The third-order valence-corrected chi connectivity index (χ3v) is 2.52. The molecular weight excluding hydrogens is 324 g/mol. The van der Waals surface area contributed by atoms with Crippen LogP contribution < -0.4 is 33.8 Å². The lowest BCUT2D eigenvalue weighted by molar-refractivity contribution is 0.895. The van der Waals surface area contributed by atoms with Crippen molar-refractivity contribution in [2.24, 2.45) is 17.5 Å². The van der Waals surface area contributed by atoms with E-state index in [9.17, 15) is 0 Å². The van der Waals surface area contributed by atoms with Crippen LogP contribution >= 0.6 is 11.6 Å². The first-order valence-corrected chi connectivity index (χ1v) is 6.99. The number of anilines is 3. The molecule has 0 aromatic carbocycles. The number of aryl methyl sites for hydroxylation is 2. The quantitative estimate of drug-likeness (QED) is 0.298. The van der Waals surface area contributed by atoms with Crippen LogP contribution in [0.25, 0.3) is 0 Å². The number of hydrogen-bond donors (Lipinski definition) is 6. The van der Waals surface area contributed by atoms with Crippen LogP contribution in [0.15, 0.2) is 0 Å². The summed E-state index contributed by atoms with van der Waals surface area (Å²) < 4.78 is 0. The predicted octanol–water partition coefficient (Wildman–Crippen LogP) is -0.622. The highest BCUT2D eigenvalue weighted by atomic mass is 35.5. The smallest absolute Gasteiger partial charge is 0.242 e. The minimum absolute atomic E-state index is 0.157. The standard InChI is InChI=1S/C5H8ClN5.C5H11N7/c1-2-3-8-4(6)10-5(9-3)11-7;1-2-3-8-4(11-6)10-5(9-3)12-7/h2,7H2,1H3,(H,8,9,10,11);2,6-7H2,1H3,(H2,8,9,10,11,12). The van der Waals surface area contributed by atoms with Crippen molar-refractivity contribution in [1.82, 2.24) is 29.9 Å². The van der Waals surface area contributed by atoms with E-state index in [1.54, 1.807) is 0 Å². The van der Waals surface area contributed by atoms with Gasteiger partial charge in [-0.25, -0.2) is 22.5 Å². The molecule has 2 aromatic rings. The first kappa shape index (κ1) is 18.6. The molecule has 0 radical (unpaired) electrons. The molecule has 23 heavy (non-hydrogen) atoms. The van der Waals surface area contributed by atoms with Crippen molar-refractivity contribution in [2.45, 2.75) is 26.7 Å². The molecule has 126 valence electrons. The summed E-state index contributed by atoms with van der Waals surface area (Å²) in [5.41, 5.74) is 6.93. The van der Waals surface area contributed by atoms with E-state index in [1.165, 1.54) is 0 Å². The van der Waals surface area contributed by atoms with Gasteiger partial charge >= 0.3 is 0 Å². The molecule has 0 unspecified atom stereocenters. The highest BCUT2D eigenvalue weighted by molar-refractivity contribution is 6.28. The van der Waals surface area contributed by atoms with Crippen LogP contribution in [-0.2, 0) is 12.8 Å². The van der Waals surface area contributed by atoms with Gasteiger partial charge in [0.15, 0.2) is 0 Å². The Balaban J connectivity index is 0.000000231. The summed E-state index contributed by atoms with van der Waals surface area (Å²) >= 11 is 5.55. The molecule has 0 amide bonds. The molecule has 12 nitrogen and oxygen atoms in total. The number of nitrogens with zero attached hydrogens (tertiary/aromatic N) is 6. The van der Waals surface area contributed by atoms with Crippen molar-refractivity contribution in [2.75, 3.05) is 16.3 Å². The number of aromatic nitrogens is 6. The van der Waals surface area contributed by atoms with Gasteiger partial charge in [0.25, 0.3) is 0 Å². The van der Waals surface area contributed by atoms with Crippen molar-refractivity contribution >= 4 is 29.4 Å². The fraction of sp³-hybridized carbons (Fsp3) is 0.400. The van der Waals surface area contributed by atoms with Crippen LogP contribution in [0.1, 0.15) is 25.5 Å². The molecule has 0 aliphatic carbocycles. The molecule has 0 aliphatic heterocycles. The number of hydrogen-bond acceptors (Lipinski definition) is 12. The molecule has 0 fully saturated rings. The molecule has 2 rings (SSSR count). The molecule has 13 heteroatoms. The van der Waals surface area contributed by atoms with Crippen molar-refractivity contribution in [3.05, 3.63) is 16.9 Å². The molecule has 2 heterocycles. The highest BCUT2D eigenvalue weighted by Gasteiger charge is 2.02. The number of hydrazine groups is 3. The Kier molecular flexibility index (Phi) is 7.76. The van der Waals surface area contributed by atoms with Gasteiger partial charge in [-0.2, -0.15) is 24.9 Å². The van der Waals surface area contributed by atoms with E-state index in [0.29, 0.717) is 42.3 Å². The summed E-state index contributed by atoms with van der Waals surface area (Å²) in [6.07, 6.45) is 1.41. The third kappa shape index (κ3) is 6.07. The number of halogens is 1. The maximum atomic E-state index is 5.55. The number of nitrogens with two attached hydrogens (primary N) is 3. The van der Waals surface area contributed by atoms with Crippen molar-refractivity contribution in [1.29, 1.82) is 0 Å². The summed E-state index contributed by atoms with van der Waals surface area (Å²) in [5.74, 6) is 17.5. The van der Waals surface area contributed by atoms with E-state index in [-0.39, 0.29) is 5.28 Å². The van der Waals surface area contributed by atoms with Crippen LogP contribution in [-0.4, -0.2) is 29.9 Å². The van der Waals surface area contributed by atoms with Crippen LogP contribution in [0.4, 0.5) is 17.8 Å². The highest BCUT2D eigenvalue weighted by Crippen LogP contribution is 2.04. The summed E-state index contributed by atoms with van der Waals surface area (Å²) in [5, 5.41) is 0.157. The number of rotatable bonds is 5. The SMILES string of the molecule is CCc1nc(Cl)nc(NN)n1.CCc1nc(NN)nc(NN)n1. The molecule has 0 spiro atoms. The number of nitrogen functional groups attached to an aromatic ring is 3. The first-order chi connectivity index (χ1) is 11.1. The fourth-order valence-corrected chi connectivity index (χ4v) is 1.50. The Morgan fingerprint density at radius 2 is 1.09 bits per heavy atom. The maximum absolute atomic E-state index is 5.55. The largest absolute Gasteiger partial charge is 0.292 e. The predicted molar refractivity (Wildman–Crippen MR) is 86.9 cm³/mol. The molecule has 9 N–H and O–H groups in total. The lowest BCUT2D eigenvalue weighted by Crippen LogP contribution is -2.17. The Labute approximate surface area is 137 Å². The zero-order valence-electron chi connectivity index (χ0n) is 12.7. The molecule has 2 aromatic heterocycles. The average Bonchev–Trinajstić information content (AvgIpc) is 2.60. The van der Waals surface area contributed by atoms with E-state index in [2.05, 4.69) is 46.2 Å².